The summed E-state index contributed by atoms with van der Waals surface area (Å²) < 4.78 is 68.9. The van der Waals surface area contributed by atoms with E-state index in [1.807, 2.05) is 17.0 Å². The number of carbonyl (C=O) groups is 1. The van der Waals surface area contributed by atoms with Crippen LogP contribution in [0.25, 0.3) is 0 Å². The van der Waals surface area contributed by atoms with Crippen molar-refractivity contribution in [2.75, 3.05) is 11.4 Å². The molecule has 0 aliphatic carbocycles. The van der Waals surface area contributed by atoms with E-state index in [-0.39, 0.29) is 18.0 Å². The largest absolute Gasteiger partial charge is 0.573 e. The van der Waals surface area contributed by atoms with Crippen LogP contribution in [0.3, 0.4) is 0 Å². The Hall–Kier alpha value is -4.48. The highest BCUT2D eigenvalue weighted by Crippen LogP contribution is 2.29. The summed E-state index contributed by atoms with van der Waals surface area (Å²) >= 11 is 1.18. The summed E-state index contributed by atoms with van der Waals surface area (Å²) in [6.45, 7) is 2.28. The summed E-state index contributed by atoms with van der Waals surface area (Å²) in [6.07, 6.45) is -1.38. The molecule has 0 unspecified atom stereocenters. The number of ether oxygens (including phenoxy) is 1. The summed E-state index contributed by atoms with van der Waals surface area (Å²) in [5, 5.41) is 9.47. The fraction of sp³-hybridized carbons (Fsp3) is 0.214. The summed E-state index contributed by atoms with van der Waals surface area (Å²) in [7, 11) is -4.03. The van der Waals surface area contributed by atoms with Crippen LogP contribution < -0.4 is 14.4 Å². The molecule has 0 saturated carbocycles. The van der Waals surface area contributed by atoms with Crippen LogP contribution in [0.15, 0.2) is 73.1 Å². The lowest BCUT2D eigenvalue weighted by molar-refractivity contribution is -0.274. The normalized spacial score (nSPS) is 11.5. The predicted molar refractivity (Wildman–Crippen MR) is 150 cm³/mol. The Labute approximate surface area is 244 Å². The minimum atomic E-state index is -4.81. The third kappa shape index (κ3) is 8.76. The molecule has 42 heavy (non-hydrogen) atoms. The Bertz CT molecular complexity index is 1670. The van der Waals surface area contributed by atoms with E-state index in [1.54, 1.807) is 31.2 Å². The Morgan fingerprint density at radius 2 is 1.76 bits per heavy atom. The summed E-state index contributed by atoms with van der Waals surface area (Å²) in [4.78, 5) is 23.6. The van der Waals surface area contributed by atoms with Crippen molar-refractivity contribution in [1.82, 2.24) is 14.7 Å². The van der Waals surface area contributed by atoms with Gasteiger partial charge in [0, 0.05) is 30.4 Å². The molecule has 4 aromatic rings. The van der Waals surface area contributed by atoms with Gasteiger partial charge in [0.25, 0.3) is 5.91 Å². The van der Waals surface area contributed by atoms with Gasteiger partial charge in [0.05, 0.1) is 17.4 Å². The van der Waals surface area contributed by atoms with Gasteiger partial charge < -0.3 is 9.64 Å². The molecule has 0 spiro atoms. The van der Waals surface area contributed by atoms with Crippen LogP contribution >= 0.6 is 11.3 Å². The van der Waals surface area contributed by atoms with Crippen molar-refractivity contribution >= 4 is 32.4 Å². The monoisotopic (exact) mass is 615 g/mol. The fourth-order valence-electron chi connectivity index (χ4n) is 3.93. The van der Waals surface area contributed by atoms with E-state index in [2.05, 4.69) is 25.5 Å². The first-order chi connectivity index (χ1) is 19.9. The number of carbonyl (C=O) groups excluding carboxylic acids is 1. The highest BCUT2D eigenvalue weighted by atomic mass is 32.2. The number of anilines is 1. The number of rotatable bonds is 11. The van der Waals surface area contributed by atoms with Crippen molar-refractivity contribution in [2.24, 2.45) is 0 Å². The van der Waals surface area contributed by atoms with E-state index in [0.29, 0.717) is 39.7 Å². The van der Waals surface area contributed by atoms with Crippen LogP contribution in [-0.4, -0.2) is 37.2 Å². The molecule has 4 rings (SSSR count). The van der Waals surface area contributed by atoms with Gasteiger partial charge in [-0.2, -0.15) is 5.26 Å². The number of aryl methyl sites for hydroxylation is 1. The number of amides is 1. The number of halogens is 3. The minimum absolute atomic E-state index is 0.0536. The number of alkyl halides is 3. The van der Waals surface area contributed by atoms with Crippen LogP contribution in [0.5, 0.6) is 5.75 Å². The molecule has 218 valence electrons. The second-order valence-electron chi connectivity index (χ2n) is 9.12. The van der Waals surface area contributed by atoms with Crippen LogP contribution in [0, 0.1) is 18.3 Å². The standard InChI is InChI=1S/C28H24F3N5O4S2/c1-19-25(26(37)35-42(38,39)18-23-3-2-13-33-16-23)34-27(41-19)36(14-12-20-4-6-21(15-32)7-5-20)17-22-8-10-24(11-9-22)40-28(29,30)31/h2-11,13,16H,12,14,17-18H2,1H3,(H,35,37). The van der Waals surface area contributed by atoms with Gasteiger partial charge in [0.15, 0.2) is 5.13 Å². The number of thiazole rings is 1. The lowest BCUT2D eigenvalue weighted by Crippen LogP contribution is -2.32. The lowest BCUT2D eigenvalue weighted by atomic mass is 10.1. The zero-order chi connectivity index (χ0) is 30.3. The van der Waals surface area contributed by atoms with E-state index in [0.717, 1.165) is 5.56 Å². The van der Waals surface area contributed by atoms with Gasteiger partial charge in [0.2, 0.25) is 10.0 Å². The van der Waals surface area contributed by atoms with Gasteiger partial charge in [-0.3, -0.25) is 9.78 Å². The molecule has 0 bridgehead atoms. The van der Waals surface area contributed by atoms with E-state index >= 15 is 0 Å². The average molecular weight is 616 g/mol. The third-order valence-electron chi connectivity index (χ3n) is 5.88. The van der Waals surface area contributed by atoms with Crippen LogP contribution in [0.2, 0.25) is 0 Å². The summed E-state index contributed by atoms with van der Waals surface area (Å²) in [5.41, 5.74) is 2.46. The van der Waals surface area contributed by atoms with Crippen molar-refractivity contribution in [1.29, 1.82) is 5.26 Å². The topological polar surface area (TPSA) is 125 Å². The maximum atomic E-state index is 12.9. The quantitative estimate of drug-likeness (QED) is 0.246. The van der Waals surface area contributed by atoms with Crippen LogP contribution in [-0.2, 0) is 28.7 Å². The Morgan fingerprint density at radius 1 is 1.07 bits per heavy atom. The van der Waals surface area contributed by atoms with Gasteiger partial charge in [-0.25, -0.2) is 18.1 Å². The van der Waals surface area contributed by atoms with Crippen molar-refractivity contribution in [3.05, 3.63) is 106 Å². The number of benzene rings is 2. The number of nitrogens with one attached hydrogen (secondary N) is 1. The lowest BCUT2D eigenvalue weighted by Gasteiger charge is -2.22. The molecule has 2 heterocycles. The first-order valence-corrected chi connectivity index (χ1v) is 14.9. The zero-order valence-corrected chi connectivity index (χ0v) is 23.8. The summed E-state index contributed by atoms with van der Waals surface area (Å²) in [6, 6.07) is 17.7. The summed E-state index contributed by atoms with van der Waals surface area (Å²) in [5.74, 6) is -1.67. The Kier molecular flexibility index (Phi) is 9.44. The van der Waals surface area contributed by atoms with Crippen molar-refractivity contribution < 1.29 is 31.1 Å². The number of hydrogen-bond donors (Lipinski definition) is 1. The minimum Gasteiger partial charge on any atom is -0.406 e. The number of sulfonamides is 1. The average Bonchev–Trinajstić information content (AvgIpc) is 3.33. The number of pyridine rings is 1. The van der Waals surface area contributed by atoms with Crippen molar-refractivity contribution in [3.8, 4) is 11.8 Å². The molecule has 0 aliphatic heterocycles. The maximum absolute atomic E-state index is 12.9. The third-order valence-corrected chi connectivity index (χ3v) is 8.12. The SMILES string of the molecule is Cc1sc(N(CCc2ccc(C#N)cc2)Cc2ccc(OC(F)(F)F)cc2)nc1C(=O)NS(=O)(=O)Cc1cccnc1. The van der Waals surface area contributed by atoms with Gasteiger partial charge in [-0.05, 0) is 60.4 Å². The van der Waals surface area contributed by atoms with E-state index in [9.17, 15) is 26.4 Å². The van der Waals surface area contributed by atoms with Gasteiger partial charge >= 0.3 is 6.36 Å². The highest BCUT2D eigenvalue weighted by molar-refractivity contribution is 7.89. The molecule has 9 nitrogen and oxygen atoms in total. The van der Waals surface area contributed by atoms with Gasteiger partial charge in [-0.1, -0.05) is 30.3 Å². The molecule has 0 aliphatic rings. The second-order valence-corrected chi connectivity index (χ2v) is 12.0. The molecule has 0 fully saturated rings. The first-order valence-electron chi connectivity index (χ1n) is 12.4. The van der Waals surface area contributed by atoms with Gasteiger partial charge in [0.1, 0.15) is 11.4 Å². The molecule has 2 aromatic carbocycles. The smallest absolute Gasteiger partial charge is 0.406 e. The molecule has 0 radical (unpaired) electrons. The number of nitrogens with zero attached hydrogens (tertiary/aromatic N) is 4. The number of aromatic nitrogens is 2. The molecule has 0 saturated heterocycles. The maximum Gasteiger partial charge on any atom is 0.573 e. The fourth-order valence-corrected chi connectivity index (χ4v) is 5.92. The van der Waals surface area contributed by atoms with Crippen LogP contribution in [0.4, 0.5) is 18.3 Å². The molecule has 1 N–H and O–H groups in total. The zero-order valence-electron chi connectivity index (χ0n) is 22.1. The second kappa shape index (κ2) is 13.0. The van der Waals surface area contributed by atoms with E-state index in [4.69, 9.17) is 5.26 Å². The molecule has 1 amide bonds. The Morgan fingerprint density at radius 3 is 2.38 bits per heavy atom. The van der Waals surface area contributed by atoms with E-state index in [1.165, 1.54) is 48.0 Å². The number of hydrogen-bond acceptors (Lipinski definition) is 9. The Balaban J connectivity index is 1.54. The first kappa shape index (κ1) is 30.5. The molecular formula is C28H24F3N5O4S2. The van der Waals surface area contributed by atoms with Crippen LogP contribution in [0.1, 0.15) is 37.6 Å². The molecular weight excluding hydrogens is 591 g/mol. The van der Waals surface area contributed by atoms with Crippen molar-refractivity contribution in [3.63, 3.8) is 0 Å². The molecule has 2 aromatic heterocycles. The van der Waals surface area contributed by atoms with Crippen molar-refractivity contribution in [2.45, 2.75) is 32.0 Å². The molecule has 0 atom stereocenters. The number of nitriles is 1. The molecule has 14 heteroatoms. The van der Waals surface area contributed by atoms with E-state index < -0.39 is 28.0 Å². The highest BCUT2D eigenvalue weighted by Gasteiger charge is 2.31. The van der Waals surface area contributed by atoms with Gasteiger partial charge in [-0.15, -0.1) is 24.5 Å². The predicted octanol–water partition coefficient (Wildman–Crippen LogP) is 5.13.